The van der Waals surface area contributed by atoms with Crippen molar-refractivity contribution in [1.29, 1.82) is 0 Å². The van der Waals surface area contributed by atoms with Crippen LogP contribution < -0.4 is 14.8 Å². The molecule has 1 aliphatic rings. The van der Waals surface area contributed by atoms with Gasteiger partial charge in [-0.25, -0.2) is 0 Å². The number of hydrogen-bond donors (Lipinski definition) is 1. The van der Waals surface area contributed by atoms with Gasteiger partial charge in [-0.05, 0) is 24.5 Å². The van der Waals surface area contributed by atoms with Crippen molar-refractivity contribution < 1.29 is 14.3 Å². The molecule has 23 heavy (non-hydrogen) atoms. The van der Waals surface area contributed by atoms with Crippen LogP contribution in [0.2, 0.25) is 0 Å². The highest BCUT2D eigenvalue weighted by molar-refractivity contribution is 5.79. The molecule has 2 heterocycles. The summed E-state index contributed by atoms with van der Waals surface area (Å²) < 4.78 is 12.6. The zero-order chi connectivity index (χ0) is 16.1. The predicted molar refractivity (Wildman–Crippen MR) is 83.3 cm³/mol. The largest absolute Gasteiger partial charge is 0.497 e. The maximum atomic E-state index is 12.2. The molecule has 1 aromatic heterocycles. The lowest BCUT2D eigenvalue weighted by atomic mass is 9.96. The van der Waals surface area contributed by atoms with Crippen LogP contribution in [0, 0.1) is 5.92 Å². The van der Waals surface area contributed by atoms with Crippen LogP contribution in [-0.4, -0.2) is 41.2 Å². The molecule has 7 heteroatoms. The average molecular weight is 316 g/mol. The van der Waals surface area contributed by atoms with Gasteiger partial charge in [-0.2, -0.15) is 0 Å². The second-order valence-electron chi connectivity index (χ2n) is 5.50. The van der Waals surface area contributed by atoms with E-state index in [4.69, 9.17) is 9.47 Å². The number of carbonyl (C=O) groups is 1. The van der Waals surface area contributed by atoms with E-state index in [1.807, 2.05) is 24.4 Å². The smallest absolute Gasteiger partial charge is 0.226 e. The molecule has 0 unspecified atom stereocenters. The lowest BCUT2D eigenvalue weighted by molar-refractivity contribution is -0.126. The van der Waals surface area contributed by atoms with E-state index in [0.717, 1.165) is 30.0 Å². The second kappa shape index (κ2) is 7.13. The van der Waals surface area contributed by atoms with Gasteiger partial charge >= 0.3 is 0 Å². The highest BCUT2D eigenvalue weighted by atomic mass is 16.5. The zero-order valence-corrected chi connectivity index (χ0v) is 13.1. The van der Waals surface area contributed by atoms with Gasteiger partial charge in [0.2, 0.25) is 5.91 Å². The van der Waals surface area contributed by atoms with Gasteiger partial charge in [-0.3, -0.25) is 9.48 Å². The Kier molecular flexibility index (Phi) is 4.75. The van der Waals surface area contributed by atoms with Crippen LogP contribution in [0.3, 0.4) is 0 Å². The summed E-state index contributed by atoms with van der Waals surface area (Å²) in [4.78, 5) is 12.2. The van der Waals surface area contributed by atoms with Crippen molar-refractivity contribution in [2.75, 3.05) is 20.3 Å². The highest BCUT2D eigenvalue weighted by Crippen LogP contribution is 2.30. The number of rotatable bonds is 6. The standard InChI is InChI=1S/C16H20N4O3/c1-22-14-4-3-12-9-13(11-23-15(12)10-14)16(21)17-5-2-7-20-8-6-18-19-20/h3-4,6,8,10,13H,2,5,7,9,11H2,1H3,(H,17,21)/t13-/m1/s1. The molecule has 122 valence electrons. The first-order chi connectivity index (χ1) is 11.3. The first-order valence-electron chi connectivity index (χ1n) is 7.68. The van der Waals surface area contributed by atoms with Gasteiger partial charge in [0.15, 0.2) is 0 Å². The van der Waals surface area contributed by atoms with Crippen molar-refractivity contribution in [1.82, 2.24) is 20.3 Å². The molecule has 0 bridgehead atoms. The minimum Gasteiger partial charge on any atom is -0.497 e. The quantitative estimate of drug-likeness (QED) is 0.806. The van der Waals surface area contributed by atoms with E-state index < -0.39 is 0 Å². The summed E-state index contributed by atoms with van der Waals surface area (Å²) in [6.07, 6.45) is 4.96. The molecular formula is C16H20N4O3. The third-order valence-electron chi connectivity index (χ3n) is 3.89. The molecule has 1 N–H and O–H groups in total. The van der Waals surface area contributed by atoms with Gasteiger partial charge < -0.3 is 14.8 Å². The number of benzene rings is 1. The summed E-state index contributed by atoms with van der Waals surface area (Å²) in [6.45, 7) is 1.75. The maximum Gasteiger partial charge on any atom is 0.226 e. The Balaban J connectivity index is 1.47. The van der Waals surface area contributed by atoms with Crippen molar-refractivity contribution in [2.24, 2.45) is 5.92 Å². The molecule has 1 aliphatic heterocycles. The molecule has 0 aliphatic carbocycles. The molecule has 2 aromatic rings. The highest BCUT2D eigenvalue weighted by Gasteiger charge is 2.26. The van der Waals surface area contributed by atoms with Crippen molar-refractivity contribution in [3.05, 3.63) is 36.2 Å². The van der Waals surface area contributed by atoms with Crippen molar-refractivity contribution in [3.63, 3.8) is 0 Å². The molecule has 0 spiro atoms. The Morgan fingerprint density at radius 2 is 2.43 bits per heavy atom. The normalized spacial score (nSPS) is 16.3. The molecule has 0 radical (unpaired) electrons. The fourth-order valence-corrected chi connectivity index (χ4v) is 2.60. The molecule has 1 aromatic carbocycles. The first kappa shape index (κ1) is 15.3. The fourth-order valence-electron chi connectivity index (χ4n) is 2.60. The number of fused-ring (bicyclic) bond motifs is 1. The summed E-state index contributed by atoms with van der Waals surface area (Å²) in [5, 5.41) is 10.6. The summed E-state index contributed by atoms with van der Waals surface area (Å²) in [7, 11) is 1.63. The SMILES string of the molecule is COc1ccc2c(c1)OC[C@H](C(=O)NCCCn1ccnn1)C2. The van der Waals surface area contributed by atoms with Gasteiger partial charge in [-0.15, -0.1) is 5.10 Å². The van der Waals surface area contributed by atoms with Crippen LogP contribution in [0.15, 0.2) is 30.6 Å². The monoisotopic (exact) mass is 316 g/mol. The average Bonchev–Trinajstić information content (AvgIpc) is 3.11. The van der Waals surface area contributed by atoms with Crippen molar-refractivity contribution in [2.45, 2.75) is 19.4 Å². The van der Waals surface area contributed by atoms with Crippen molar-refractivity contribution >= 4 is 5.91 Å². The van der Waals surface area contributed by atoms with Crippen LogP contribution >= 0.6 is 0 Å². The molecule has 0 fully saturated rings. The van der Waals surface area contributed by atoms with Gasteiger partial charge in [0.1, 0.15) is 18.1 Å². The number of methoxy groups -OCH3 is 1. The molecular weight excluding hydrogens is 296 g/mol. The topological polar surface area (TPSA) is 78.3 Å². The molecule has 3 rings (SSSR count). The van der Waals surface area contributed by atoms with E-state index in [2.05, 4.69) is 15.6 Å². The van der Waals surface area contributed by atoms with E-state index in [1.165, 1.54) is 0 Å². The summed E-state index contributed by atoms with van der Waals surface area (Å²) in [6, 6.07) is 5.71. The lowest BCUT2D eigenvalue weighted by Gasteiger charge is -2.25. The fraction of sp³-hybridized carbons (Fsp3) is 0.438. The summed E-state index contributed by atoms with van der Waals surface area (Å²) in [5.41, 5.74) is 1.04. The number of aryl methyl sites for hydroxylation is 1. The van der Waals surface area contributed by atoms with E-state index in [0.29, 0.717) is 19.6 Å². The Bertz CT molecular complexity index is 657. The Morgan fingerprint density at radius 3 is 3.22 bits per heavy atom. The Labute approximate surface area is 134 Å². The first-order valence-corrected chi connectivity index (χ1v) is 7.68. The summed E-state index contributed by atoms with van der Waals surface area (Å²) in [5.74, 6) is 1.45. The van der Waals surface area contributed by atoms with Crippen LogP contribution in [0.5, 0.6) is 11.5 Å². The molecule has 7 nitrogen and oxygen atoms in total. The minimum absolute atomic E-state index is 0.0325. The predicted octanol–water partition coefficient (Wildman–Crippen LogP) is 1.04. The number of nitrogens with one attached hydrogen (secondary N) is 1. The van der Waals surface area contributed by atoms with Crippen LogP contribution in [-0.2, 0) is 17.8 Å². The zero-order valence-electron chi connectivity index (χ0n) is 13.1. The van der Waals surface area contributed by atoms with Crippen molar-refractivity contribution in [3.8, 4) is 11.5 Å². The minimum atomic E-state index is -0.151. The summed E-state index contributed by atoms with van der Waals surface area (Å²) >= 11 is 0. The third kappa shape index (κ3) is 3.80. The van der Waals surface area contributed by atoms with Crippen LogP contribution in [0.4, 0.5) is 0 Å². The third-order valence-corrected chi connectivity index (χ3v) is 3.89. The number of carbonyl (C=O) groups excluding carboxylic acids is 1. The number of hydrogen-bond acceptors (Lipinski definition) is 5. The Morgan fingerprint density at radius 1 is 1.52 bits per heavy atom. The molecule has 1 amide bonds. The molecule has 1 atom stereocenters. The lowest BCUT2D eigenvalue weighted by Crippen LogP contribution is -2.38. The van der Waals surface area contributed by atoms with Gasteiger partial charge in [0.25, 0.3) is 0 Å². The Hall–Kier alpha value is -2.57. The van der Waals surface area contributed by atoms with E-state index in [1.54, 1.807) is 18.0 Å². The maximum absolute atomic E-state index is 12.2. The van der Waals surface area contributed by atoms with E-state index >= 15 is 0 Å². The molecule has 0 saturated heterocycles. The van der Waals surface area contributed by atoms with E-state index in [-0.39, 0.29) is 11.8 Å². The van der Waals surface area contributed by atoms with Gasteiger partial charge in [0, 0.05) is 25.4 Å². The number of aromatic nitrogens is 3. The van der Waals surface area contributed by atoms with Gasteiger partial charge in [0.05, 0.1) is 19.2 Å². The number of nitrogens with zero attached hydrogens (tertiary/aromatic N) is 3. The molecule has 0 saturated carbocycles. The van der Waals surface area contributed by atoms with Crippen LogP contribution in [0.25, 0.3) is 0 Å². The number of amides is 1. The van der Waals surface area contributed by atoms with Crippen LogP contribution in [0.1, 0.15) is 12.0 Å². The number of ether oxygens (including phenoxy) is 2. The van der Waals surface area contributed by atoms with Gasteiger partial charge in [-0.1, -0.05) is 11.3 Å². The van der Waals surface area contributed by atoms with E-state index in [9.17, 15) is 4.79 Å². The second-order valence-corrected chi connectivity index (χ2v) is 5.50.